The van der Waals surface area contributed by atoms with Crippen LogP contribution >= 0.6 is 11.6 Å². The Kier molecular flexibility index (Phi) is 4.99. The fourth-order valence-electron chi connectivity index (χ4n) is 2.26. The first-order chi connectivity index (χ1) is 12.3. The van der Waals surface area contributed by atoms with Crippen molar-refractivity contribution in [2.75, 3.05) is 5.32 Å². The van der Waals surface area contributed by atoms with E-state index in [4.69, 9.17) is 16.1 Å². The van der Waals surface area contributed by atoms with Crippen LogP contribution in [0.1, 0.15) is 11.3 Å². The van der Waals surface area contributed by atoms with Gasteiger partial charge in [-0.2, -0.15) is 13.2 Å². The molecule has 8 heteroatoms. The van der Waals surface area contributed by atoms with Gasteiger partial charge in [0.2, 0.25) is 5.91 Å². The molecule has 1 N–H and O–H groups in total. The zero-order valence-corrected chi connectivity index (χ0v) is 13.9. The molecule has 26 heavy (non-hydrogen) atoms. The van der Waals surface area contributed by atoms with E-state index in [0.29, 0.717) is 16.5 Å². The predicted molar refractivity (Wildman–Crippen MR) is 90.7 cm³/mol. The number of carbonyl (C=O) groups excluding carboxylic acids is 1. The van der Waals surface area contributed by atoms with Crippen LogP contribution in [0.2, 0.25) is 5.02 Å². The average Bonchev–Trinajstić information content (AvgIpc) is 3.03. The Hall–Kier alpha value is -2.80. The molecule has 3 rings (SSSR count). The number of hydrogen-bond acceptors (Lipinski definition) is 3. The van der Waals surface area contributed by atoms with E-state index < -0.39 is 17.6 Å². The molecule has 3 aromatic rings. The topological polar surface area (TPSA) is 55.1 Å². The second kappa shape index (κ2) is 7.21. The maximum Gasteiger partial charge on any atom is 0.416 e. The van der Waals surface area contributed by atoms with Crippen LogP contribution in [-0.4, -0.2) is 11.1 Å². The van der Waals surface area contributed by atoms with Crippen LogP contribution in [0.4, 0.5) is 18.9 Å². The molecule has 0 spiro atoms. The third-order valence-electron chi connectivity index (χ3n) is 3.53. The number of hydrogen-bond donors (Lipinski definition) is 1. The Morgan fingerprint density at radius 3 is 2.35 bits per heavy atom. The molecular weight excluding hydrogens is 369 g/mol. The van der Waals surface area contributed by atoms with Gasteiger partial charge in [0.05, 0.1) is 17.7 Å². The average molecular weight is 381 g/mol. The van der Waals surface area contributed by atoms with Gasteiger partial charge in [-0.15, -0.1) is 0 Å². The third kappa shape index (κ3) is 4.43. The smallest absolute Gasteiger partial charge is 0.356 e. The Labute approximate surface area is 151 Å². The zero-order valence-electron chi connectivity index (χ0n) is 13.2. The van der Waals surface area contributed by atoms with E-state index in [0.717, 1.165) is 17.7 Å². The molecule has 0 fully saturated rings. The first kappa shape index (κ1) is 18.0. The monoisotopic (exact) mass is 380 g/mol. The van der Waals surface area contributed by atoms with E-state index >= 15 is 0 Å². The van der Waals surface area contributed by atoms with Crippen molar-refractivity contribution in [1.82, 2.24) is 5.16 Å². The molecule has 0 aliphatic carbocycles. The van der Waals surface area contributed by atoms with Crippen LogP contribution in [0.3, 0.4) is 0 Å². The van der Waals surface area contributed by atoms with E-state index in [-0.39, 0.29) is 12.1 Å². The van der Waals surface area contributed by atoms with Gasteiger partial charge in [-0.1, -0.05) is 16.8 Å². The number of benzene rings is 2. The Balaban J connectivity index is 1.62. The lowest BCUT2D eigenvalue weighted by atomic mass is 10.1. The number of amides is 1. The second-order valence-electron chi connectivity index (χ2n) is 5.49. The van der Waals surface area contributed by atoms with Crippen LogP contribution < -0.4 is 5.32 Å². The van der Waals surface area contributed by atoms with Crippen LogP contribution in [0.5, 0.6) is 0 Å². The summed E-state index contributed by atoms with van der Waals surface area (Å²) in [6.07, 6.45) is -4.49. The van der Waals surface area contributed by atoms with Crippen LogP contribution in [0.15, 0.2) is 59.1 Å². The lowest BCUT2D eigenvalue weighted by Gasteiger charge is -2.08. The molecule has 2 aromatic carbocycles. The lowest BCUT2D eigenvalue weighted by molar-refractivity contribution is -0.137. The minimum Gasteiger partial charge on any atom is -0.356 e. The molecule has 134 valence electrons. The SMILES string of the molecule is O=C(Cc1cc(-c2ccc(Cl)cc2)on1)Nc1ccc(C(F)(F)F)cc1. The van der Waals surface area contributed by atoms with Gasteiger partial charge in [-0.05, 0) is 48.5 Å². The first-order valence-electron chi connectivity index (χ1n) is 7.50. The molecule has 0 aliphatic heterocycles. The maximum atomic E-state index is 12.5. The number of anilines is 1. The number of alkyl halides is 3. The highest BCUT2D eigenvalue weighted by molar-refractivity contribution is 6.30. The number of aromatic nitrogens is 1. The summed E-state index contributed by atoms with van der Waals surface area (Å²) >= 11 is 5.82. The summed E-state index contributed by atoms with van der Waals surface area (Å²) in [7, 11) is 0. The van der Waals surface area contributed by atoms with Crippen molar-refractivity contribution in [3.8, 4) is 11.3 Å². The third-order valence-corrected chi connectivity index (χ3v) is 3.78. The van der Waals surface area contributed by atoms with E-state index in [1.807, 2.05) is 0 Å². The van der Waals surface area contributed by atoms with E-state index in [1.165, 1.54) is 12.1 Å². The van der Waals surface area contributed by atoms with Crippen molar-refractivity contribution in [2.24, 2.45) is 0 Å². The largest absolute Gasteiger partial charge is 0.416 e. The summed E-state index contributed by atoms with van der Waals surface area (Å²) in [6.45, 7) is 0. The number of carbonyl (C=O) groups is 1. The second-order valence-corrected chi connectivity index (χ2v) is 5.93. The quantitative estimate of drug-likeness (QED) is 0.677. The molecule has 4 nitrogen and oxygen atoms in total. The highest BCUT2D eigenvalue weighted by Gasteiger charge is 2.30. The molecule has 1 heterocycles. The van der Waals surface area contributed by atoms with Gasteiger partial charge in [0.1, 0.15) is 0 Å². The standard InChI is InChI=1S/C18H12ClF3N2O2/c19-13-5-1-11(2-6-13)16-9-15(24-26-16)10-17(25)23-14-7-3-12(4-8-14)18(20,21)22/h1-9H,10H2,(H,23,25). The minimum absolute atomic E-state index is 0.0713. The van der Waals surface area contributed by atoms with Gasteiger partial charge >= 0.3 is 6.18 Å². The zero-order chi connectivity index (χ0) is 18.7. The molecule has 0 atom stereocenters. The fraction of sp³-hybridized carbons (Fsp3) is 0.111. The molecule has 1 amide bonds. The number of rotatable bonds is 4. The fourth-order valence-corrected chi connectivity index (χ4v) is 2.38. The first-order valence-corrected chi connectivity index (χ1v) is 7.88. The minimum atomic E-state index is -4.42. The van der Waals surface area contributed by atoms with Gasteiger partial charge in [0.25, 0.3) is 0 Å². The van der Waals surface area contributed by atoms with Gasteiger partial charge in [0.15, 0.2) is 5.76 Å². The highest BCUT2D eigenvalue weighted by atomic mass is 35.5. The summed E-state index contributed by atoms with van der Waals surface area (Å²) in [6, 6.07) is 12.8. The van der Waals surface area contributed by atoms with Crippen molar-refractivity contribution in [2.45, 2.75) is 12.6 Å². The van der Waals surface area contributed by atoms with Gasteiger partial charge < -0.3 is 9.84 Å². The molecule has 0 unspecified atom stereocenters. The molecule has 0 bridgehead atoms. The molecule has 1 aromatic heterocycles. The van der Waals surface area contributed by atoms with E-state index in [1.54, 1.807) is 30.3 Å². The predicted octanol–water partition coefficient (Wildman–Crippen LogP) is 5.20. The number of halogens is 4. The number of nitrogens with one attached hydrogen (secondary N) is 1. The number of nitrogens with zero attached hydrogens (tertiary/aromatic N) is 1. The van der Waals surface area contributed by atoms with Crippen molar-refractivity contribution < 1.29 is 22.5 Å². The van der Waals surface area contributed by atoms with Crippen LogP contribution in [-0.2, 0) is 17.4 Å². The molecule has 0 saturated carbocycles. The Morgan fingerprint density at radius 1 is 1.08 bits per heavy atom. The Bertz CT molecular complexity index is 903. The summed E-state index contributed by atoms with van der Waals surface area (Å²) < 4.78 is 42.8. The van der Waals surface area contributed by atoms with Crippen molar-refractivity contribution >= 4 is 23.2 Å². The summed E-state index contributed by atoms with van der Waals surface area (Å²) in [5.41, 5.74) is 0.652. The molecule has 0 aliphatic rings. The van der Waals surface area contributed by atoms with Crippen LogP contribution in [0, 0.1) is 0 Å². The maximum absolute atomic E-state index is 12.5. The van der Waals surface area contributed by atoms with Crippen molar-refractivity contribution in [1.29, 1.82) is 0 Å². The summed E-state index contributed by atoms with van der Waals surface area (Å²) in [5.74, 6) is 0.0692. The molecule has 0 saturated heterocycles. The normalized spacial score (nSPS) is 11.4. The van der Waals surface area contributed by atoms with Gasteiger partial charge in [-0.3, -0.25) is 4.79 Å². The van der Waals surface area contributed by atoms with Crippen molar-refractivity contribution in [3.63, 3.8) is 0 Å². The lowest BCUT2D eigenvalue weighted by Crippen LogP contribution is -2.14. The van der Waals surface area contributed by atoms with E-state index in [2.05, 4.69) is 10.5 Å². The van der Waals surface area contributed by atoms with Crippen LogP contribution in [0.25, 0.3) is 11.3 Å². The summed E-state index contributed by atoms with van der Waals surface area (Å²) in [4.78, 5) is 12.0. The van der Waals surface area contributed by atoms with Gasteiger partial charge in [-0.25, -0.2) is 0 Å². The molecule has 0 radical (unpaired) electrons. The highest BCUT2D eigenvalue weighted by Crippen LogP contribution is 2.30. The summed E-state index contributed by atoms with van der Waals surface area (Å²) in [5, 5.41) is 6.93. The van der Waals surface area contributed by atoms with E-state index in [9.17, 15) is 18.0 Å². The molecular formula is C18H12ClF3N2O2. The Morgan fingerprint density at radius 2 is 1.73 bits per heavy atom. The van der Waals surface area contributed by atoms with Gasteiger partial charge in [0, 0.05) is 22.3 Å². The van der Waals surface area contributed by atoms with Crippen molar-refractivity contribution in [3.05, 3.63) is 70.9 Å².